The van der Waals surface area contributed by atoms with Crippen molar-refractivity contribution in [3.05, 3.63) is 12.0 Å². The highest BCUT2D eigenvalue weighted by Crippen LogP contribution is 2.29. The average Bonchev–Trinajstić information content (AvgIpc) is 2.81. The van der Waals surface area contributed by atoms with Crippen LogP contribution in [0.15, 0.2) is 10.7 Å². The van der Waals surface area contributed by atoms with Gasteiger partial charge in [0.25, 0.3) is 0 Å². The number of hydrogen-bond donors (Lipinski definition) is 0. The standard InChI is InChI=1S/C8H10ClNO2/c9-3-7-5-12-8(10-7)11-4-6-1-2-6/h5-6H,1-4H2. The highest BCUT2D eigenvalue weighted by molar-refractivity contribution is 6.16. The summed E-state index contributed by atoms with van der Waals surface area (Å²) in [5.74, 6) is 1.09. The van der Waals surface area contributed by atoms with Gasteiger partial charge in [-0.05, 0) is 18.8 Å². The quantitative estimate of drug-likeness (QED) is 0.678. The van der Waals surface area contributed by atoms with Gasteiger partial charge in [0.2, 0.25) is 0 Å². The summed E-state index contributed by atoms with van der Waals surface area (Å²) in [5.41, 5.74) is 0.725. The summed E-state index contributed by atoms with van der Waals surface area (Å²) in [4.78, 5) is 4.01. The Balaban J connectivity index is 1.84. The molecule has 2 rings (SSSR count). The third-order valence-electron chi connectivity index (χ3n) is 1.81. The number of aromatic nitrogens is 1. The molecule has 0 unspecified atom stereocenters. The number of alkyl halides is 1. The SMILES string of the molecule is ClCc1coc(OCC2CC2)n1. The van der Waals surface area contributed by atoms with Crippen molar-refractivity contribution in [2.24, 2.45) is 5.92 Å². The summed E-state index contributed by atoms with van der Waals surface area (Å²) < 4.78 is 10.3. The molecule has 1 heterocycles. The fourth-order valence-corrected chi connectivity index (χ4v) is 1.01. The maximum atomic E-state index is 5.54. The van der Waals surface area contributed by atoms with Gasteiger partial charge < -0.3 is 9.15 Å². The van der Waals surface area contributed by atoms with Crippen molar-refractivity contribution >= 4 is 11.6 Å². The van der Waals surface area contributed by atoms with Crippen molar-refractivity contribution in [1.82, 2.24) is 4.98 Å². The van der Waals surface area contributed by atoms with E-state index in [1.807, 2.05) is 0 Å². The van der Waals surface area contributed by atoms with Gasteiger partial charge in [0.15, 0.2) is 0 Å². The van der Waals surface area contributed by atoms with E-state index in [1.165, 1.54) is 19.1 Å². The predicted molar refractivity (Wildman–Crippen MR) is 44.3 cm³/mol. The van der Waals surface area contributed by atoms with Gasteiger partial charge in [0, 0.05) is 0 Å². The highest BCUT2D eigenvalue weighted by Gasteiger charge is 2.22. The van der Waals surface area contributed by atoms with E-state index >= 15 is 0 Å². The second kappa shape index (κ2) is 3.35. The monoisotopic (exact) mass is 187 g/mol. The van der Waals surface area contributed by atoms with Crippen LogP contribution in [0.1, 0.15) is 18.5 Å². The van der Waals surface area contributed by atoms with E-state index in [-0.39, 0.29) is 0 Å². The van der Waals surface area contributed by atoms with Crippen LogP contribution in [0.5, 0.6) is 6.08 Å². The first-order valence-corrected chi connectivity index (χ1v) is 4.55. The van der Waals surface area contributed by atoms with Crippen LogP contribution in [0.4, 0.5) is 0 Å². The molecule has 0 saturated heterocycles. The van der Waals surface area contributed by atoms with Crippen LogP contribution in [-0.4, -0.2) is 11.6 Å². The summed E-state index contributed by atoms with van der Waals surface area (Å²) in [6.07, 6.45) is 4.40. The van der Waals surface area contributed by atoms with Gasteiger partial charge in [-0.15, -0.1) is 11.6 Å². The van der Waals surface area contributed by atoms with Crippen molar-refractivity contribution < 1.29 is 9.15 Å². The zero-order valence-electron chi connectivity index (χ0n) is 6.62. The van der Waals surface area contributed by atoms with E-state index < -0.39 is 0 Å². The Morgan fingerprint density at radius 3 is 3.08 bits per heavy atom. The third-order valence-corrected chi connectivity index (χ3v) is 2.08. The van der Waals surface area contributed by atoms with Crippen molar-refractivity contribution in [1.29, 1.82) is 0 Å². The number of nitrogens with zero attached hydrogens (tertiary/aromatic N) is 1. The van der Waals surface area contributed by atoms with Crippen LogP contribution < -0.4 is 4.74 Å². The summed E-state index contributed by atoms with van der Waals surface area (Å²) >= 11 is 5.54. The van der Waals surface area contributed by atoms with Crippen LogP contribution in [0.2, 0.25) is 0 Å². The Morgan fingerprint density at radius 2 is 2.50 bits per heavy atom. The minimum Gasteiger partial charge on any atom is -0.450 e. The predicted octanol–water partition coefficient (Wildman–Crippen LogP) is 2.20. The second-order valence-corrected chi connectivity index (χ2v) is 3.26. The van der Waals surface area contributed by atoms with Gasteiger partial charge in [-0.2, -0.15) is 4.98 Å². The lowest BCUT2D eigenvalue weighted by molar-refractivity contribution is 0.219. The lowest BCUT2D eigenvalue weighted by Gasteiger charge is -1.96. The molecular weight excluding hydrogens is 178 g/mol. The summed E-state index contributed by atoms with van der Waals surface area (Å²) in [7, 11) is 0. The van der Waals surface area contributed by atoms with Crippen molar-refractivity contribution in [2.45, 2.75) is 18.7 Å². The van der Waals surface area contributed by atoms with E-state index in [4.69, 9.17) is 20.8 Å². The fraction of sp³-hybridized carbons (Fsp3) is 0.625. The zero-order valence-corrected chi connectivity index (χ0v) is 7.38. The Morgan fingerprint density at radius 1 is 1.67 bits per heavy atom. The van der Waals surface area contributed by atoms with Crippen molar-refractivity contribution in [3.63, 3.8) is 0 Å². The van der Waals surface area contributed by atoms with E-state index in [2.05, 4.69) is 4.98 Å². The molecular formula is C8H10ClNO2. The molecule has 66 valence electrons. The number of ether oxygens (including phenoxy) is 1. The van der Waals surface area contributed by atoms with Crippen LogP contribution in [0.25, 0.3) is 0 Å². The lowest BCUT2D eigenvalue weighted by Crippen LogP contribution is -1.98. The Hall–Kier alpha value is -0.700. The molecule has 0 aliphatic heterocycles. The van der Waals surface area contributed by atoms with Gasteiger partial charge in [-0.3, -0.25) is 0 Å². The Labute approximate surface area is 75.7 Å². The minimum atomic E-state index is 0.345. The molecule has 0 aromatic carbocycles. The Kier molecular flexibility index (Phi) is 2.21. The summed E-state index contributed by atoms with van der Waals surface area (Å²) in [5, 5.41) is 0. The van der Waals surface area contributed by atoms with Gasteiger partial charge >= 0.3 is 6.08 Å². The smallest absolute Gasteiger partial charge is 0.393 e. The molecule has 0 spiro atoms. The maximum absolute atomic E-state index is 5.54. The third kappa shape index (κ3) is 1.91. The van der Waals surface area contributed by atoms with Gasteiger partial charge in [0.05, 0.1) is 18.2 Å². The second-order valence-electron chi connectivity index (χ2n) is 2.99. The van der Waals surface area contributed by atoms with Crippen LogP contribution in [0, 0.1) is 5.92 Å². The number of rotatable bonds is 4. The Bertz CT molecular complexity index is 257. The molecule has 12 heavy (non-hydrogen) atoms. The first-order valence-electron chi connectivity index (χ1n) is 4.01. The number of halogens is 1. The molecule has 0 atom stereocenters. The average molecular weight is 188 g/mol. The fourth-order valence-electron chi connectivity index (χ4n) is 0.890. The molecule has 4 heteroatoms. The number of oxazole rings is 1. The molecule has 0 radical (unpaired) electrons. The first-order chi connectivity index (χ1) is 5.88. The number of hydrogen-bond acceptors (Lipinski definition) is 3. The molecule has 3 nitrogen and oxygen atoms in total. The van der Waals surface area contributed by atoms with Gasteiger partial charge in [-0.25, -0.2) is 0 Å². The van der Waals surface area contributed by atoms with Crippen LogP contribution >= 0.6 is 11.6 Å². The maximum Gasteiger partial charge on any atom is 0.393 e. The van der Waals surface area contributed by atoms with Gasteiger partial charge in [-0.1, -0.05) is 0 Å². The molecule has 1 aliphatic rings. The van der Waals surface area contributed by atoms with Crippen LogP contribution in [-0.2, 0) is 5.88 Å². The minimum absolute atomic E-state index is 0.345. The molecule has 1 aromatic heterocycles. The molecule has 1 aliphatic carbocycles. The highest BCUT2D eigenvalue weighted by atomic mass is 35.5. The van der Waals surface area contributed by atoms with Crippen molar-refractivity contribution in [3.8, 4) is 6.08 Å². The molecule has 0 amide bonds. The molecule has 1 saturated carbocycles. The summed E-state index contributed by atoms with van der Waals surface area (Å²) in [6.45, 7) is 0.724. The zero-order chi connectivity index (χ0) is 8.39. The van der Waals surface area contributed by atoms with Crippen LogP contribution in [0.3, 0.4) is 0 Å². The van der Waals surface area contributed by atoms with E-state index in [0.29, 0.717) is 12.0 Å². The summed E-state index contributed by atoms with van der Waals surface area (Å²) in [6, 6.07) is 0. The largest absolute Gasteiger partial charge is 0.450 e. The molecule has 0 bridgehead atoms. The van der Waals surface area contributed by atoms with E-state index in [0.717, 1.165) is 18.2 Å². The van der Waals surface area contributed by atoms with Crippen molar-refractivity contribution in [2.75, 3.05) is 6.61 Å². The van der Waals surface area contributed by atoms with Gasteiger partial charge in [0.1, 0.15) is 6.26 Å². The molecule has 0 N–H and O–H groups in total. The first kappa shape index (κ1) is 7.92. The molecule has 1 fully saturated rings. The molecule has 1 aromatic rings. The van der Waals surface area contributed by atoms with E-state index in [1.54, 1.807) is 0 Å². The topological polar surface area (TPSA) is 35.3 Å². The normalized spacial score (nSPS) is 16.4. The lowest BCUT2D eigenvalue weighted by atomic mass is 10.5. The van der Waals surface area contributed by atoms with E-state index in [9.17, 15) is 0 Å².